The number of carbonyl (C=O) groups excluding carboxylic acids is 2. The summed E-state index contributed by atoms with van der Waals surface area (Å²) in [7, 11) is -1.61. The molecule has 2 aromatic rings. The summed E-state index contributed by atoms with van der Waals surface area (Å²) in [6, 6.07) is 16.5. The molecule has 2 amide bonds. The van der Waals surface area contributed by atoms with Crippen LogP contribution in [0.4, 0.5) is 5.69 Å². The van der Waals surface area contributed by atoms with E-state index in [0.29, 0.717) is 18.7 Å². The number of nitrogens with one attached hydrogen (secondary N) is 1. The van der Waals surface area contributed by atoms with Gasteiger partial charge in [0, 0.05) is 19.6 Å². The van der Waals surface area contributed by atoms with Crippen molar-refractivity contribution in [2.75, 3.05) is 36.5 Å². The molecule has 2 aliphatic heterocycles. The van der Waals surface area contributed by atoms with Crippen molar-refractivity contribution in [2.45, 2.75) is 25.1 Å². The van der Waals surface area contributed by atoms with Crippen LogP contribution >= 0.6 is 0 Å². The number of anilines is 1. The lowest BCUT2D eigenvalue weighted by Gasteiger charge is -2.37. The molecule has 1 N–H and O–H groups in total. The SMILES string of the molecule is CNC(=O)[C@H]1CN(CC(=O)N(Cc2ccccc2)[C@H]2CCS(=O)(=O)C2)c2ccccc2O1. The molecule has 4 rings (SSSR count). The number of benzene rings is 2. The first kappa shape index (κ1) is 22.1. The van der Waals surface area contributed by atoms with Gasteiger partial charge in [0.2, 0.25) is 5.91 Å². The quantitative estimate of drug-likeness (QED) is 0.701. The maximum absolute atomic E-state index is 13.5. The first-order chi connectivity index (χ1) is 15.4. The molecule has 2 aromatic carbocycles. The Hall–Kier alpha value is -3.07. The Labute approximate surface area is 188 Å². The van der Waals surface area contributed by atoms with Crippen LogP contribution in [0.5, 0.6) is 5.75 Å². The van der Waals surface area contributed by atoms with Gasteiger partial charge >= 0.3 is 0 Å². The van der Waals surface area contributed by atoms with Crippen LogP contribution in [0.3, 0.4) is 0 Å². The molecular formula is C23H27N3O5S. The Kier molecular flexibility index (Phi) is 6.36. The van der Waals surface area contributed by atoms with E-state index in [2.05, 4.69) is 5.32 Å². The van der Waals surface area contributed by atoms with Gasteiger partial charge in [-0.15, -0.1) is 0 Å². The molecule has 0 unspecified atom stereocenters. The number of para-hydroxylation sites is 2. The minimum absolute atomic E-state index is 0.0217. The summed E-state index contributed by atoms with van der Waals surface area (Å²) in [5.41, 5.74) is 1.68. The number of nitrogens with zero attached hydrogens (tertiary/aromatic N) is 2. The van der Waals surface area contributed by atoms with Crippen LogP contribution in [-0.2, 0) is 26.0 Å². The van der Waals surface area contributed by atoms with Crippen molar-refractivity contribution in [2.24, 2.45) is 0 Å². The minimum atomic E-state index is -3.15. The Morgan fingerprint density at radius 2 is 1.84 bits per heavy atom. The van der Waals surface area contributed by atoms with E-state index in [1.54, 1.807) is 18.0 Å². The molecule has 0 radical (unpaired) electrons. The standard InChI is InChI=1S/C23H27N3O5S/c1-24-23(28)21-14-25(19-9-5-6-10-20(19)31-21)15-22(27)26(13-17-7-3-2-4-8-17)18-11-12-32(29,30)16-18/h2-10,18,21H,11-16H2,1H3,(H,24,28)/t18-,21+/m0/s1. The predicted molar refractivity (Wildman–Crippen MR) is 121 cm³/mol. The molecule has 0 spiro atoms. The second kappa shape index (κ2) is 9.20. The molecule has 2 heterocycles. The number of fused-ring (bicyclic) bond motifs is 1. The van der Waals surface area contributed by atoms with E-state index < -0.39 is 15.9 Å². The second-order valence-electron chi connectivity index (χ2n) is 8.13. The van der Waals surface area contributed by atoms with Gasteiger partial charge in [-0.25, -0.2) is 8.42 Å². The van der Waals surface area contributed by atoms with Gasteiger partial charge in [0.25, 0.3) is 5.91 Å². The van der Waals surface area contributed by atoms with E-state index >= 15 is 0 Å². The third kappa shape index (κ3) is 4.88. The maximum Gasteiger partial charge on any atom is 0.262 e. The average molecular weight is 458 g/mol. The van der Waals surface area contributed by atoms with Crippen molar-refractivity contribution < 1.29 is 22.7 Å². The maximum atomic E-state index is 13.5. The third-order valence-electron chi connectivity index (χ3n) is 5.89. The molecule has 0 aromatic heterocycles. The van der Waals surface area contributed by atoms with Crippen molar-refractivity contribution in [1.29, 1.82) is 0 Å². The van der Waals surface area contributed by atoms with Gasteiger partial charge in [-0.1, -0.05) is 42.5 Å². The van der Waals surface area contributed by atoms with Crippen LogP contribution in [0.25, 0.3) is 0 Å². The van der Waals surface area contributed by atoms with E-state index in [0.717, 1.165) is 11.3 Å². The lowest BCUT2D eigenvalue weighted by Crippen LogP contribution is -2.52. The summed E-state index contributed by atoms with van der Waals surface area (Å²) in [5, 5.41) is 2.60. The Morgan fingerprint density at radius 3 is 2.53 bits per heavy atom. The topological polar surface area (TPSA) is 96.0 Å². The van der Waals surface area contributed by atoms with Gasteiger partial charge in [-0.2, -0.15) is 0 Å². The molecular weight excluding hydrogens is 430 g/mol. The van der Waals surface area contributed by atoms with Crippen LogP contribution in [0.2, 0.25) is 0 Å². The molecule has 170 valence electrons. The van der Waals surface area contributed by atoms with Gasteiger partial charge in [-0.3, -0.25) is 9.59 Å². The largest absolute Gasteiger partial charge is 0.477 e. The smallest absolute Gasteiger partial charge is 0.262 e. The highest BCUT2D eigenvalue weighted by molar-refractivity contribution is 7.91. The summed E-state index contributed by atoms with van der Waals surface area (Å²) in [5.74, 6) is 0.170. The molecule has 0 aliphatic carbocycles. The molecule has 1 fully saturated rings. The second-order valence-corrected chi connectivity index (χ2v) is 10.4. The Bertz CT molecular complexity index is 1090. The molecule has 1 saturated heterocycles. The van der Waals surface area contributed by atoms with Crippen molar-refractivity contribution in [1.82, 2.24) is 10.2 Å². The molecule has 2 aliphatic rings. The highest BCUT2D eigenvalue weighted by Gasteiger charge is 2.37. The molecule has 0 bridgehead atoms. The fourth-order valence-corrected chi connectivity index (χ4v) is 5.96. The normalized spacial score (nSPS) is 21.3. The highest BCUT2D eigenvalue weighted by Crippen LogP contribution is 2.33. The third-order valence-corrected chi connectivity index (χ3v) is 7.64. The van der Waals surface area contributed by atoms with Gasteiger partial charge in [0.1, 0.15) is 5.75 Å². The Balaban J connectivity index is 1.58. The van der Waals surface area contributed by atoms with E-state index in [9.17, 15) is 18.0 Å². The summed E-state index contributed by atoms with van der Waals surface area (Å²) >= 11 is 0. The number of amides is 2. The van der Waals surface area contributed by atoms with Crippen molar-refractivity contribution in [3.63, 3.8) is 0 Å². The lowest BCUT2D eigenvalue weighted by atomic mass is 10.1. The lowest BCUT2D eigenvalue weighted by molar-refractivity contribution is -0.133. The number of hydrogen-bond acceptors (Lipinski definition) is 6. The zero-order chi connectivity index (χ0) is 22.7. The Morgan fingerprint density at radius 1 is 1.12 bits per heavy atom. The van der Waals surface area contributed by atoms with Gasteiger partial charge in [0.05, 0.1) is 30.3 Å². The van der Waals surface area contributed by atoms with E-state index in [1.807, 2.05) is 53.4 Å². The van der Waals surface area contributed by atoms with E-state index in [1.165, 1.54) is 0 Å². The molecule has 2 atom stereocenters. The number of likely N-dealkylation sites (N-methyl/N-ethyl adjacent to an activating group) is 1. The van der Waals surface area contributed by atoms with E-state index in [-0.39, 0.29) is 42.5 Å². The zero-order valence-electron chi connectivity index (χ0n) is 17.9. The van der Waals surface area contributed by atoms with Crippen LogP contribution in [0.1, 0.15) is 12.0 Å². The molecule has 32 heavy (non-hydrogen) atoms. The number of rotatable bonds is 6. The van der Waals surface area contributed by atoms with Crippen LogP contribution < -0.4 is 15.0 Å². The summed E-state index contributed by atoms with van der Waals surface area (Å²) in [6.45, 7) is 0.590. The number of sulfone groups is 1. The van der Waals surface area contributed by atoms with Gasteiger partial charge in [-0.05, 0) is 24.1 Å². The fraction of sp³-hybridized carbons (Fsp3) is 0.391. The van der Waals surface area contributed by atoms with Gasteiger partial charge < -0.3 is 19.9 Å². The van der Waals surface area contributed by atoms with Crippen molar-refractivity contribution in [3.05, 3.63) is 60.2 Å². The van der Waals surface area contributed by atoms with Crippen molar-refractivity contribution >= 4 is 27.3 Å². The zero-order valence-corrected chi connectivity index (χ0v) is 18.8. The van der Waals surface area contributed by atoms with Crippen LogP contribution in [0.15, 0.2) is 54.6 Å². The summed E-state index contributed by atoms with van der Waals surface area (Å²) in [6.07, 6.45) is -0.307. The van der Waals surface area contributed by atoms with E-state index in [4.69, 9.17) is 4.74 Å². The van der Waals surface area contributed by atoms with Crippen molar-refractivity contribution in [3.8, 4) is 5.75 Å². The fourth-order valence-electron chi connectivity index (χ4n) is 4.23. The first-order valence-corrected chi connectivity index (χ1v) is 12.4. The monoisotopic (exact) mass is 457 g/mol. The minimum Gasteiger partial charge on any atom is -0.477 e. The van der Waals surface area contributed by atoms with Gasteiger partial charge in [0.15, 0.2) is 15.9 Å². The van der Waals surface area contributed by atoms with Crippen LogP contribution in [0, 0.1) is 0 Å². The molecule has 8 nitrogen and oxygen atoms in total. The average Bonchev–Trinajstić information content (AvgIpc) is 3.16. The number of carbonyl (C=O) groups is 2. The molecule has 0 saturated carbocycles. The summed E-state index contributed by atoms with van der Waals surface area (Å²) in [4.78, 5) is 29.3. The van der Waals surface area contributed by atoms with Crippen LogP contribution in [-0.4, -0.2) is 68.9 Å². The predicted octanol–water partition coefficient (Wildman–Crippen LogP) is 1.22. The summed E-state index contributed by atoms with van der Waals surface area (Å²) < 4.78 is 30.1. The highest BCUT2D eigenvalue weighted by atomic mass is 32.2. The number of ether oxygens (including phenoxy) is 1. The first-order valence-electron chi connectivity index (χ1n) is 10.6. The molecule has 9 heteroatoms. The number of hydrogen-bond donors (Lipinski definition) is 1.